The van der Waals surface area contributed by atoms with Crippen LogP contribution in [-0.4, -0.2) is 186 Å². The van der Waals surface area contributed by atoms with Gasteiger partial charge < -0.3 is 74.0 Å². The highest BCUT2D eigenvalue weighted by atomic mass is 32.1. The van der Waals surface area contributed by atoms with Crippen molar-refractivity contribution in [3.63, 3.8) is 0 Å². The lowest BCUT2D eigenvalue weighted by molar-refractivity contribution is 0.0347. The summed E-state index contributed by atoms with van der Waals surface area (Å²) in [5.74, 6) is -3.61. The van der Waals surface area contributed by atoms with Crippen molar-refractivity contribution in [2.75, 3.05) is 142 Å². The lowest BCUT2D eigenvalue weighted by Crippen LogP contribution is -2.31. The van der Waals surface area contributed by atoms with E-state index in [-0.39, 0.29) is 89.4 Å². The van der Waals surface area contributed by atoms with Crippen LogP contribution in [0.5, 0.6) is 0 Å². The highest BCUT2D eigenvalue weighted by molar-refractivity contribution is 7.20. The molecule has 0 saturated carbocycles. The zero-order chi connectivity index (χ0) is 53.5. The van der Waals surface area contributed by atoms with Crippen LogP contribution in [0.3, 0.4) is 0 Å². The SMILES string of the molecule is Cc1cc(N(CCOCCO)CCOCCOCCO)ccc1N=Nc1sc(C(=O)O)c(C)c1C(=O)O.[C-]#[N+]c1sc(N=Nc2ccc(N(CCOCCO)CCOCCOCCO)cc2C)c(C(=O)O)c1C. The second kappa shape index (κ2) is 34.5. The normalized spacial score (nSPS) is 11.3. The Balaban J connectivity index is 0.000000385. The molecular weight excluding hydrogens is 995 g/mol. The number of rotatable bonds is 35. The Morgan fingerprint density at radius 1 is 0.507 bits per heavy atom. The molecule has 0 spiro atoms. The number of carbonyl (C=O) groups is 3. The molecule has 2 heterocycles. The Morgan fingerprint density at radius 2 is 0.863 bits per heavy atom. The molecule has 2 aromatic carbocycles. The van der Waals surface area contributed by atoms with E-state index < -0.39 is 17.9 Å². The van der Waals surface area contributed by atoms with Gasteiger partial charge >= 0.3 is 17.9 Å². The Labute approximate surface area is 431 Å². The first-order chi connectivity index (χ1) is 35.2. The molecule has 2 aromatic heterocycles. The van der Waals surface area contributed by atoms with E-state index in [0.29, 0.717) is 96.0 Å². The van der Waals surface area contributed by atoms with Gasteiger partial charge in [-0.2, -0.15) is 0 Å². The van der Waals surface area contributed by atoms with Crippen molar-refractivity contribution in [2.45, 2.75) is 27.7 Å². The monoisotopic (exact) mass is 1060 g/mol. The van der Waals surface area contributed by atoms with Gasteiger partial charge in [0.15, 0.2) is 5.00 Å². The predicted octanol–water partition coefficient (Wildman–Crippen LogP) is 6.89. The smallest absolute Gasteiger partial charge is 0.346 e. The molecule has 4 aromatic rings. The lowest BCUT2D eigenvalue weighted by atomic mass is 10.1. The summed E-state index contributed by atoms with van der Waals surface area (Å²) in [6, 6.07) is 11.1. The van der Waals surface area contributed by atoms with Gasteiger partial charge in [0.25, 0.3) is 0 Å². The average Bonchev–Trinajstić information content (AvgIpc) is 3.89. The molecule has 400 valence electrons. The summed E-state index contributed by atoms with van der Waals surface area (Å²) in [4.78, 5) is 42.1. The van der Waals surface area contributed by atoms with Gasteiger partial charge in [0.2, 0.25) is 5.00 Å². The molecular formula is C48H65N7O16S2. The minimum atomic E-state index is -1.26. The first-order valence-corrected chi connectivity index (χ1v) is 24.6. The van der Waals surface area contributed by atoms with Crippen LogP contribution >= 0.6 is 22.7 Å². The number of benzene rings is 2. The molecule has 0 aliphatic rings. The van der Waals surface area contributed by atoms with Crippen molar-refractivity contribution in [3.05, 3.63) is 86.1 Å². The molecule has 0 aliphatic heterocycles. The van der Waals surface area contributed by atoms with Gasteiger partial charge in [0.05, 0.1) is 129 Å². The lowest BCUT2D eigenvalue weighted by Gasteiger charge is -2.25. The van der Waals surface area contributed by atoms with Crippen LogP contribution < -0.4 is 9.80 Å². The number of carboxylic acids is 3. The molecule has 0 fully saturated rings. The summed E-state index contributed by atoms with van der Waals surface area (Å²) in [6.07, 6.45) is 0. The fourth-order valence-electron chi connectivity index (χ4n) is 6.58. The van der Waals surface area contributed by atoms with E-state index in [4.69, 9.17) is 55.4 Å². The average molecular weight is 1060 g/mol. The van der Waals surface area contributed by atoms with Crippen molar-refractivity contribution in [3.8, 4) is 0 Å². The number of nitrogens with zero attached hydrogens (tertiary/aromatic N) is 7. The Kier molecular flexibility index (Phi) is 29.1. The third kappa shape index (κ3) is 20.9. The second-order valence-corrected chi connectivity index (χ2v) is 17.3. The number of thiophene rings is 2. The van der Waals surface area contributed by atoms with E-state index in [0.717, 1.165) is 45.2 Å². The van der Waals surface area contributed by atoms with E-state index in [2.05, 4.69) is 35.1 Å². The van der Waals surface area contributed by atoms with Gasteiger partial charge in [0.1, 0.15) is 15.4 Å². The zero-order valence-electron chi connectivity index (χ0n) is 41.4. The van der Waals surface area contributed by atoms with E-state index in [1.807, 2.05) is 38.1 Å². The molecule has 7 N–H and O–H groups in total. The minimum absolute atomic E-state index is 0.000150. The number of aliphatic hydroxyl groups excluding tert-OH is 4. The Bertz CT molecular complexity index is 2440. The number of anilines is 2. The zero-order valence-corrected chi connectivity index (χ0v) is 43.0. The van der Waals surface area contributed by atoms with Crippen molar-refractivity contribution in [2.24, 2.45) is 20.5 Å². The van der Waals surface area contributed by atoms with Crippen LogP contribution in [0.25, 0.3) is 4.85 Å². The first-order valence-electron chi connectivity index (χ1n) is 23.0. The molecule has 23 nitrogen and oxygen atoms in total. The Hall–Kier alpha value is -5.86. The first kappa shape index (κ1) is 61.4. The van der Waals surface area contributed by atoms with Crippen LogP contribution in [-0.2, 0) is 28.4 Å². The summed E-state index contributed by atoms with van der Waals surface area (Å²) in [7, 11) is 0. The van der Waals surface area contributed by atoms with Crippen LogP contribution in [0, 0.1) is 34.3 Å². The summed E-state index contributed by atoms with van der Waals surface area (Å²) >= 11 is 1.78. The number of hydrogen-bond donors (Lipinski definition) is 7. The maximum Gasteiger partial charge on any atom is 0.346 e. The summed E-state index contributed by atoms with van der Waals surface area (Å²) in [5, 5.41) is 80.8. The highest BCUT2D eigenvalue weighted by Gasteiger charge is 2.25. The molecule has 0 amide bonds. The Morgan fingerprint density at radius 3 is 1.21 bits per heavy atom. The third-order valence-electron chi connectivity index (χ3n) is 10.3. The van der Waals surface area contributed by atoms with Gasteiger partial charge in [0, 0.05) is 37.6 Å². The summed E-state index contributed by atoms with van der Waals surface area (Å²) in [6.45, 7) is 20.5. The quantitative estimate of drug-likeness (QED) is 0.0140. The van der Waals surface area contributed by atoms with Gasteiger partial charge in [-0.25, -0.2) is 19.2 Å². The van der Waals surface area contributed by atoms with Gasteiger partial charge in [-0.05, 0) is 86.3 Å². The van der Waals surface area contributed by atoms with Gasteiger partial charge in [-0.15, -0.1) is 43.1 Å². The molecule has 0 radical (unpaired) electrons. The second-order valence-electron chi connectivity index (χ2n) is 15.4. The van der Waals surface area contributed by atoms with Crippen molar-refractivity contribution in [1.82, 2.24) is 0 Å². The standard InChI is InChI=1S/C24H32N4O7S.C24H33N3O9S/c1-17-16-19(28(6-10-33-12-8-29)7-11-34-14-15-35-13-9-30)4-5-20(17)26-27-23-21(24(31)32)18(2)22(25-3)36-23;1-16-15-18(27(5-9-34-11-7-28)6-10-35-13-14-36-12-8-29)3-4-19(16)25-26-22-20(23(30)31)17(2)21(37-22)24(32)33/h4-5,16,29-30H,6-15H2,1-2H3,(H,31,32);3-4,15,28-29H,5-14H2,1-2H3,(H,30,31)(H,32,33). The molecule has 0 unspecified atom stereocenters. The molecule has 0 bridgehead atoms. The number of hydrogen-bond acceptors (Lipinski definition) is 21. The molecule has 25 heteroatoms. The van der Waals surface area contributed by atoms with E-state index in [1.165, 1.54) is 6.92 Å². The maximum atomic E-state index is 11.6. The van der Waals surface area contributed by atoms with E-state index in [9.17, 15) is 29.7 Å². The molecule has 0 atom stereocenters. The van der Waals surface area contributed by atoms with Crippen LogP contribution in [0.4, 0.5) is 37.8 Å². The summed E-state index contributed by atoms with van der Waals surface area (Å²) < 4.78 is 32.4. The number of aryl methyl sites for hydroxylation is 2. The van der Waals surface area contributed by atoms with Crippen molar-refractivity contribution < 1.29 is 78.6 Å². The van der Waals surface area contributed by atoms with E-state index >= 15 is 0 Å². The van der Waals surface area contributed by atoms with Crippen molar-refractivity contribution >= 4 is 78.3 Å². The van der Waals surface area contributed by atoms with Gasteiger partial charge in [-0.1, -0.05) is 0 Å². The predicted molar refractivity (Wildman–Crippen MR) is 274 cm³/mol. The van der Waals surface area contributed by atoms with Crippen LogP contribution in [0.1, 0.15) is 52.6 Å². The fourth-order valence-corrected chi connectivity index (χ4v) is 8.45. The number of ether oxygens (including phenoxy) is 6. The van der Waals surface area contributed by atoms with Crippen LogP contribution in [0.2, 0.25) is 0 Å². The fraction of sp³-hybridized carbons (Fsp3) is 0.500. The van der Waals surface area contributed by atoms with Crippen molar-refractivity contribution in [1.29, 1.82) is 0 Å². The molecule has 0 aliphatic carbocycles. The highest BCUT2D eigenvalue weighted by Crippen LogP contribution is 2.42. The number of carboxylic acid groups (broad SMARTS) is 3. The number of azo groups is 2. The topological polar surface area (TPSA) is 308 Å². The maximum absolute atomic E-state index is 11.6. The third-order valence-corrected chi connectivity index (χ3v) is 12.5. The van der Waals surface area contributed by atoms with Gasteiger partial charge in [-0.3, -0.25) is 0 Å². The minimum Gasteiger partial charge on any atom is -0.478 e. The molecule has 0 saturated heterocycles. The largest absolute Gasteiger partial charge is 0.478 e. The number of aliphatic hydroxyl groups is 4. The molecule has 73 heavy (non-hydrogen) atoms. The van der Waals surface area contributed by atoms with E-state index in [1.54, 1.807) is 19.1 Å². The number of aromatic carboxylic acids is 3. The van der Waals surface area contributed by atoms with Crippen LogP contribution in [0.15, 0.2) is 56.9 Å². The molecule has 4 rings (SSSR count). The summed E-state index contributed by atoms with van der Waals surface area (Å²) in [5.41, 5.74) is 4.89.